The molecule has 0 aliphatic heterocycles. The van der Waals surface area contributed by atoms with Gasteiger partial charge in [0, 0.05) is 0 Å². The van der Waals surface area contributed by atoms with Gasteiger partial charge in [0.2, 0.25) is 0 Å². The van der Waals surface area contributed by atoms with Gasteiger partial charge in [-0.05, 0) is 50.7 Å². The Labute approximate surface area is 109 Å². The first kappa shape index (κ1) is 13.2. The van der Waals surface area contributed by atoms with Crippen LogP contribution >= 0.6 is 0 Å². The molecule has 1 fully saturated rings. The molecule has 0 spiro atoms. The Morgan fingerprint density at radius 3 is 2.50 bits per heavy atom. The molecule has 1 aromatic carbocycles. The zero-order chi connectivity index (χ0) is 12.8. The Balaban J connectivity index is 1.71. The number of hydrogen-bond acceptors (Lipinski definition) is 3. The standard InChI is InChI=1S/C15H22O3/c1-2-17-14-7-3-4-8-15(14)18-11-5-6-13(16)12-9-10-12/h3-4,7-8,12-13,16H,2,5-6,9-11H2,1H3. The average molecular weight is 250 g/mol. The third-order valence-corrected chi connectivity index (χ3v) is 3.22. The molecule has 1 atom stereocenters. The molecule has 0 saturated heterocycles. The minimum absolute atomic E-state index is 0.129. The Morgan fingerprint density at radius 1 is 1.22 bits per heavy atom. The molecule has 1 aliphatic carbocycles. The highest BCUT2D eigenvalue weighted by atomic mass is 16.5. The van der Waals surface area contributed by atoms with E-state index in [9.17, 15) is 5.11 Å². The van der Waals surface area contributed by atoms with Gasteiger partial charge in [-0.15, -0.1) is 0 Å². The molecule has 3 heteroatoms. The second-order valence-electron chi connectivity index (χ2n) is 4.78. The van der Waals surface area contributed by atoms with E-state index in [-0.39, 0.29) is 6.10 Å². The van der Waals surface area contributed by atoms with Gasteiger partial charge in [-0.3, -0.25) is 0 Å². The molecule has 18 heavy (non-hydrogen) atoms. The van der Waals surface area contributed by atoms with Gasteiger partial charge in [0.1, 0.15) is 0 Å². The van der Waals surface area contributed by atoms with Gasteiger partial charge >= 0.3 is 0 Å². The summed E-state index contributed by atoms with van der Waals surface area (Å²) in [6, 6.07) is 7.71. The fourth-order valence-corrected chi connectivity index (χ4v) is 2.04. The quantitative estimate of drug-likeness (QED) is 0.721. The predicted molar refractivity (Wildman–Crippen MR) is 71.1 cm³/mol. The van der Waals surface area contributed by atoms with Gasteiger partial charge in [-0.2, -0.15) is 0 Å². The van der Waals surface area contributed by atoms with E-state index in [1.54, 1.807) is 0 Å². The molecule has 0 bridgehead atoms. The van der Waals surface area contributed by atoms with Crippen LogP contribution in [0.25, 0.3) is 0 Å². The van der Waals surface area contributed by atoms with Gasteiger partial charge < -0.3 is 14.6 Å². The van der Waals surface area contributed by atoms with Crippen molar-refractivity contribution < 1.29 is 14.6 Å². The fraction of sp³-hybridized carbons (Fsp3) is 0.600. The highest BCUT2D eigenvalue weighted by Gasteiger charge is 2.28. The summed E-state index contributed by atoms with van der Waals surface area (Å²) in [6.07, 6.45) is 3.97. The third-order valence-electron chi connectivity index (χ3n) is 3.22. The number of aliphatic hydroxyl groups is 1. The van der Waals surface area contributed by atoms with E-state index < -0.39 is 0 Å². The van der Waals surface area contributed by atoms with Crippen LogP contribution in [0.3, 0.4) is 0 Å². The lowest BCUT2D eigenvalue weighted by Gasteiger charge is -2.12. The van der Waals surface area contributed by atoms with E-state index in [4.69, 9.17) is 9.47 Å². The van der Waals surface area contributed by atoms with Gasteiger partial charge in [0.15, 0.2) is 11.5 Å². The summed E-state index contributed by atoms with van der Waals surface area (Å²) in [7, 11) is 0. The average Bonchev–Trinajstić information content (AvgIpc) is 3.21. The van der Waals surface area contributed by atoms with Crippen molar-refractivity contribution in [3.8, 4) is 11.5 Å². The van der Waals surface area contributed by atoms with Crippen LogP contribution in [-0.4, -0.2) is 24.4 Å². The second-order valence-corrected chi connectivity index (χ2v) is 4.78. The first-order chi connectivity index (χ1) is 8.81. The molecule has 1 aliphatic rings. The number of hydrogen-bond donors (Lipinski definition) is 1. The Morgan fingerprint density at radius 2 is 1.89 bits per heavy atom. The SMILES string of the molecule is CCOc1ccccc1OCCCC(O)C1CC1. The highest BCUT2D eigenvalue weighted by molar-refractivity contribution is 5.39. The molecule has 1 saturated carbocycles. The summed E-state index contributed by atoms with van der Waals surface area (Å²) in [5, 5.41) is 9.74. The highest BCUT2D eigenvalue weighted by Crippen LogP contribution is 2.34. The summed E-state index contributed by atoms with van der Waals surface area (Å²) in [6.45, 7) is 3.23. The molecule has 1 aromatic rings. The van der Waals surface area contributed by atoms with Crippen LogP contribution in [-0.2, 0) is 0 Å². The van der Waals surface area contributed by atoms with E-state index in [0.29, 0.717) is 19.1 Å². The lowest BCUT2D eigenvalue weighted by atomic mass is 10.1. The molecule has 0 heterocycles. The number of aliphatic hydroxyl groups excluding tert-OH is 1. The molecular formula is C15H22O3. The molecule has 0 amide bonds. The summed E-state index contributed by atoms with van der Waals surface area (Å²) in [5.41, 5.74) is 0. The number of rotatable bonds is 8. The van der Waals surface area contributed by atoms with Crippen LogP contribution in [0, 0.1) is 5.92 Å². The first-order valence-corrected chi connectivity index (χ1v) is 6.84. The van der Waals surface area contributed by atoms with E-state index in [1.165, 1.54) is 12.8 Å². The fourth-order valence-electron chi connectivity index (χ4n) is 2.04. The maximum absolute atomic E-state index is 9.74. The van der Waals surface area contributed by atoms with Gasteiger partial charge in [0.05, 0.1) is 19.3 Å². The van der Waals surface area contributed by atoms with Gasteiger partial charge in [-0.1, -0.05) is 12.1 Å². The van der Waals surface area contributed by atoms with Crippen molar-refractivity contribution in [2.75, 3.05) is 13.2 Å². The maximum Gasteiger partial charge on any atom is 0.161 e. The largest absolute Gasteiger partial charge is 0.490 e. The van der Waals surface area contributed by atoms with Crippen molar-refractivity contribution in [2.45, 2.75) is 38.7 Å². The van der Waals surface area contributed by atoms with Crippen LogP contribution in [0.5, 0.6) is 11.5 Å². The van der Waals surface area contributed by atoms with Crippen molar-refractivity contribution in [3.05, 3.63) is 24.3 Å². The minimum Gasteiger partial charge on any atom is -0.490 e. The van der Waals surface area contributed by atoms with Crippen LogP contribution in [0.15, 0.2) is 24.3 Å². The Bertz CT molecular complexity index is 361. The molecule has 2 rings (SSSR count). The zero-order valence-electron chi connectivity index (χ0n) is 11.0. The van der Waals surface area contributed by atoms with E-state index >= 15 is 0 Å². The lowest BCUT2D eigenvalue weighted by Crippen LogP contribution is -2.11. The lowest BCUT2D eigenvalue weighted by molar-refractivity contribution is 0.131. The summed E-state index contributed by atoms with van der Waals surface area (Å²) in [5.74, 6) is 2.14. The first-order valence-electron chi connectivity index (χ1n) is 6.84. The van der Waals surface area contributed by atoms with Gasteiger partial charge in [0.25, 0.3) is 0 Å². The molecule has 0 aromatic heterocycles. The monoisotopic (exact) mass is 250 g/mol. The summed E-state index contributed by atoms with van der Waals surface area (Å²) < 4.78 is 11.2. The summed E-state index contributed by atoms with van der Waals surface area (Å²) >= 11 is 0. The van der Waals surface area contributed by atoms with Crippen LogP contribution < -0.4 is 9.47 Å². The molecule has 100 valence electrons. The van der Waals surface area contributed by atoms with E-state index in [1.807, 2.05) is 31.2 Å². The molecule has 1 unspecified atom stereocenters. The molecular weight excluding hydrogens is 228 g/mol. The van der Waals surface area contributed by atoms with Crippen LogP contribution in [0.2, 0.25) is 0 Å². The second kappa shape index (κ2) is 6.64. The zero-order valence-corrected chi connectivity index (χ0v) is 11.0. The molecule has 3 nitrogen and oxygen atoms in total. The van der Waals surface area contributed by atoms with Crippen molar-refractivity contribution in [3.63, 3.8) is 0 Å². The predicted octanol–water partition coefficient (Wildman–Crippen LogP) is 3.02. The van der Waals surface area contributed by atoms with Crippen molar-refractivity contribution in [1.82, 2.24) is 0 Å². The van der Waals surface area contributed by atoms with Crippen molar-refractivity contribution >= 4 is 0 Å². The number of para-hydroxylation sites is 2. The summed E-state index contributed by atoms with van der Waals surface area (Å²) in [4.78, 5) is 0. The normalized spacial score (nSPS) is 16.3. The van der Waals surface area contributed by atoms with Gasteiger partial charge in [-0.25, -0.2) is 0 Å². The number of ether oxygens (including phenoxy) is 2. The maximum atomic E-state index is 9.74. The molecule has 0 radical (unpaired) electrons. The van der Waals surface area contributed by atoms with E-state index in [0.717, 1.165) is 24.3 Å². The van der Waals surface area contributed by atoms with Crippen molar-refractivity contribution in [2.24, 2.45) is 5.92 Å². The number of benzene rings is 1. The van der Waals surface area contributed by atoms with E-state index in [2.05, 4.69) is 0 Å². The minimum atomic E-state index is -0.129. The van der Waals surface area contributed by atoms with Crippen molar-refractivity contribution in [1.29, 1.82) is 0 Å². The smallest absolute Gasteiger partial charge is 0.161 e. The van der Waals surface area contributed by atoms with Crippen LogP contribution in [0.4, 0.5) is 0 Å². The molecule has 1 N–H and O–H groups in total. The van der Waals surface area contributed by atoms with Crippen LogP contribution in [0.1, 0.15) is 32.6 Å². The Kier molecular flexibility index (Phi) is 4.88. The Hall–Kier alpha value is -1.22. The topological polar surface area (TPSA) is 38.7 Å². The third kappa shape index (κ3) is 3.91.